The molecular formula is C27H24ClFN4O2. The molecule has 0 N–H and O–H groups in total. The molecule has 5 rings (SSSR count). The topological polar surface area (TPSA) is 59.7 Å². The molecule has 8 heteroatoms. The Morgan fingerprint density at radius 3 is 2.80 bits per heavy atom. The summed E-state index contributed by atoms with van der Waals surface area (Å²) in [5.41, 5.74) is 3.34. The van der Waals surface area contributed by atoms with Crippen molar-refractivity contribution < 1.29 is 13.9 Å². The van der Waals surface area contributed by atoms with Gasteiger partial charge in [0.05, 0.1) is 28.0 Å². The van der Waals surface area contributed by atoms with Gasteiger partial charge in [-0.3, -0.25) is 14.2 Å². The molecule has 2 aromatic heterocycles. The van der Waals surface area contributed by atoms with Crippen molar-refractivity contribution in [3.63, 3.8) is 0 Å². The van der Waals surface area contributed by atoms with Crippen LogP contribution in [-0.4, -0.2) is 31.7 Å². The average Bonchev–Trinajstić information content (AvgIpc) is 3.27. The first-order valence-electron chi connectivity index (χ1n) is 11.5. The second kappa shape index (κ2) is 9.50. The van der Waals surface area contributed by atoms with Gasteiger partial charge in [-0.05, 0) is 68.7 Å². The number of fused-ring (bicyclic) bond motifs is 1. The van der Waals surface area contributed by atoms with Crippen LogP contribution in [0.5, 0.6) is 11.5 Å². The lowest BCUT2D eigenvalue weighted by molar-refractivity contribution is -0.129. The summed E-state index contributed by atoms with van der Waals surface area (Å²) in [5.74, 6) is 0.647. The molecule has 1 aliphatic rings. The summed E-state index contributed by atoms with van der Waals surface area (Å²) in [4.78, 5) is 23.9. The zero-order valence-corrected chi connectivity index (χ0v) is 20.0. The Labute approximate surface area is 207 Å². The van der Waals surface area contributed by atoms with Gasteiger partial charge in [0.1, 0.15) is 11.6 Å². The summed E-state index contributed by atoms with van der Waals surface area (Å²) < 4.78 is 22.0. The van der Waals surface area contributed by atoms with Gasteiger partial charge in [-0.2, -0.15) is 0 Å². The summed E-state index contributed by atoms with van der Waals surface area (Å²) in [6.45, 7) is 6.29. The Bertz CT molecular complexity index is 1420. The van der Waals surface area contributed by atoms with Crippen molar-refractivity contribution in [1.29, 1.82) is 0 Å². The zero-order chi connectivity index (χ0) is 24.5. The van der Waals surface area contributed by atoms with E-state index in [9.17, 15) is 9.18 Å². The van der Waals surface area contributed by atoms with Crippen molar-refractivity contribution >= 4 is 23.0 Å². The molecule has 0 aliphatic carbocycles. The number of imidazole rings is 1. The minimum absolute atomic E-state index is 0.00537. The van der Waals surface area contributed by atoms with Crippen LogP contribution in [0.15, 0.2) is 67.5 Å². The first-order valence-corrected chi connectivity index (χ1v) is 11.8. The maximum Gasteiger partial charge on any atom is 0.246 e. The van der Waals surface area contributed by atoms with Gasteiger partial charge in [-0.1, -0.05) is 24.2 Å². The number of aryl methyl sites for hydroxylation is 1. The van der Waals surface area contributed by atoms with Crippen LogP contribution < -0.4 is 4.74 Å². The van der Waals surface area contributed by atoms with Crippen LogP contribution in [0.2, 0.25) is 5.02 Å². The average molecular weight is 491 g/mol. The Balaban J connectivity index is 1.54. The highest BCUT2D eigenvalue weighted by Crippen LogP contribution is 2.36. The first-order chi connectivity index (χ1) is 17.0. The number of likely N-dealkylation sites (tertiary alicyclic amines) is 1. The number of hydrogen-bond donors (Lipinski definition) is 0. The molecule has 4 aromatic rings. The Kier molecular flexibility index (Phi) is 6.26. The molecule has 1 atom stereocenters. The van der Waals surface area contributed by atoms with Gasteiger partial charge in [-0.15, -0.1) is 0 Å². The Morgan fingerprint density at radius 1 is 1.23 bits per heavy atom. The van der Waals surface area contributed by atoms with E-state index in [1.807, 2.05) is 34.6 Å². The van der Waals surface area contributed by atoms with Crippen molar-refractivity contribution in [2.45, 2.75) is 32.2 Å². The summed E-state index contributed by atoms with van der Waals surface area (Å²) in [6.07, 6.45) is 7.81. The van der Waals surface area contributed by atoms with Crippen molar-refractivity contribution in [2.24, 2.45) is 0 Å². The van der Waals surface area contributed by atoms with Crippen molar-refractivity contribution in [3.8, 4) is 22.8 Å². The van der Waals surface area contributed by atoms with E-state index >= 15 is 0 Å². The largest absolute Gasteiger partial charge is 0.454 e. The number of halogens is 2. The number of carbonyl (C=O) groups excluding carboxylic acids is 1. The van der Waals surface area contributed by atoms with E-state index in [4.69, 9.17) is 21.3 Å². The van der Waals surface area contributed by atoms with Gasteiger partial charge in [-0.25, -0.2) is 9.37 Å². The van der Waals surface area contributed by atoms with E-state index < -0.39 is 5.82 Å². The van der Waals surface area contributed by atoms with Crippen LogP contribution in [0, 0.1) is 12.7 Å². The molecule has 3 heterocycles. The molecule has 6 nitrogen and oxygen atoms in total. The maximum atomic E-state index is 14.2. The Morgan fingerprint density at radius 2 is 2.03 bits per heavy atom. The highest BCUT2D eigenvalue weighted by Gasteiger charge is 2.31. The number of piperidine rings is 1. The predicted octanol–water partition coefficient (Wildman–Crippen LogP) is 6.53. The molecule has 178 valence electrons. The fraction of sp³-hybridized carbons (Fsp3) is 0.222. The summed E-state index contributed by atoms with van der Waals surface area (Å²) in [7, 11) is 0. The summed E-state index contributed by atoms with van der Waals surface area (Å²) >= 11 is 5.86. The molecule has 1 saturated heterocycles. The molecular weight excluding hydrogens is 467 g/mol. The van der Waals surface area contributed by atoms with Gasteiger partial charge in [0.25, 0.3) is 0 Å². The van der Waals surface area contributed by atoms with Crippen molar-refractivity contribution in [2.75, 3.05) is 6.54 Å². The van der Waals surface area contributed by atoms with Gasteiger partial charge >= 0.3 is 0 Å². The van der Waals surface area contributed by atoms with E-state index in [1.54, 1.807) is 24.4 Å². The standard InChI is InChI=1S/C27H24ClFN4O2/c1-3-23(34)32-15-5-4-8-21(32)27-31-25(26-17(2)30-14-16-33(26)27)18-10-12-19(13-11-18)35-22-9-6-7-20(28)24(22)29/h3,6-7,9-14,16,21H,1,4-5,8,15H2,2H3. The van der Waals surface area contributed by atoms with Gasteiger partial charge in [0, 0.05) is 24.5 Å². The third-order valence-corrected chi connectivity index (χ3v) is 6.59. The third kappa shape index (κ3) is 4.28. The van der Waals surface area contributed by atoms with Crippen LogP contribution in [0.25, 0.3) is 16.8 Å². The molecule has 0 bridgehead atoms. The fourth-order valence-electron chi connectivity index (χ4n) is 4.61. The summed E-state index contributed by atoms with van der Waals surface area (Å²) in [5, 5.41) is 0.00537. The van der Waals surface area contributed by atoms with Crippen molar-refractivity contribution in [1.82, 2.24) is 19.3 Å². The number of hydrogen-bond acceptors (Lipinski definition) is 4. The minimum Gasteiger partial charge on any atom is -0.454 e. The summed E-state index contributed by atoms with van der Waals surface area (Å²) in [6, 6.07) is 11.8. The number of aromatic nitrogens is 3. The monoisotopic (exact) mass is 490 g/mol. The highest BCUT2D eigenvalue weighted by atomic mass is 35.5. The van der Waals surface area contributed by atoms with E-state index in [0.29, 0.717) is 12.3 Å². The molecule has 1 unspecified atom stereocenters. The zero-order valence-electron chi connectivity index (χ0n) is 19.2. The van der Waals surface area contributed by atoms with E-state index in [-0.39, 0.29) is 22.7 Å². The van der Waals surface area contributed by atoms with Crippen LogP contribution in [0.1, 0.15) is 36.8 Å². The molecule has 0 spiro atoms. The fourth-order valence-corrected chi connectivity index (χ4v) is 4.77. The third-order valence-electron chi connectivity index (χ3n) is 6.30. The predicted molar refractivity (Wildman–Crippen MR) is 133 cm³/mol. The van der Waals surface area contributed by atoms with E-state index in [2.05, 4.69) is 11.6 Å². The molecule has 1 fully saturated rings. The molecule has 1 amide bonds. The minimum atomic E-state index is -0.601. The van der Waals surface area contributed by atoms with E-state index in [0.717, 1.165) is 47.6 Å². The SMILES string of the molecule is C=CC(=O)N1CCCCC1c1nc(-c2ccc(Oc3cccc(Cl)c3F)cc2)c2c(C)nccn12. The van der Waals surface area contributed by atoms with Gasteiger partial charge in [0.15, 0.2) is 11.6 Å². The molecule has 2 aromatic carbocycles. The number of ether oxygens (including phenoxy) is 1. The normalized spacial score (nSPS) is 15.9. The van der Waals surface area contributed by atoms with Crippen LogP contribution in [0.3, 0.4) is 0 Å². The number of benzene rings is 2. The van der Waals surface area contributed by atoms with E-state index in [1.165, 1.54) is 18.2 Å². The quantitative estimate of drug-likeness (QED) is 0.298. The lowest BCUT2D eigenvalue weighted by atomic mass is 10.0. The lowest BCUT2D eigenvalue weighted by Crippen LogP contribution is -2.38. The van der Waals surface area contributed by atoms with Gasteiger partial charge < -0.3 is 9.64 Å². The smallest absolute Gasteiger partial charge is 0.246 e. The van der Waals surface area contributed by atoms with Crippen LogP contribution >= 0.6 is 11.6 Å². The van der Waals surface area contributed by atoms with Crippen molar-refractivity contribution in [3.05, 3.63) is 89.9 Å². The number of nitrogens with zero attached hydrogens (tertiary/aromatic N) is 4. The highest BCUT2D eigenvalue weighted by molar-refractivity contribution is 6.30. The van der Waals surface area contributed by atoms with Gasteiger partial charge in [0.2, 0.25) is 5.91 Å². The second-order valence-electron chi connectivity index (χ2n) is 8.48. The number of rotatable bonds is 5. The Hall–Kier alpha value is -3.71. The first kappa shape index (κ1) is 23.1. The number of amides is 1. The lowest BCUT2D eigenvalue weighted by Gasteiger charge is -2.34. The molecule has 35 heavy (non-hydrogen) atoms. The molecule has 0 saturated carbocycles. The second-order valence-corrected chi connectivity index (χ2v) is 8.88. The van der Waals surface area contributed by atoms with Crippen LogP contribution in [0.4, 0.5) is 4.39 Å². The molecule has 0 radical (unpaired) electrons. The maximum absolute atomic E-state index is 14.2. The number of carbonyl (C=O) groups is 1. The molecule has 1 aliphatic heterocycles. The van der Waals surface area contributed by atoms with Crippen LogP contribution in [-0.2, 0) is 4.79 Å².